The van der Waals surface area contributed by atoms with E-state index in [0.717, 1.165) is 28.3 Å². The SMILES string of the molecule is CC.CC(C)COc1cccc(-c2cc(COC(C)(C)C(=O)O)nn2Cc2ccccc2N(C)C)c1. The van der Waals surface area contributed by atoms with E-state index < -0.39 is 11.6 Å². The van der Waals surface area contributed by atoms with Gasteiger partial charge in [-0.2, -0.15) is 5.10 Å². The highest BCUT2D eigenvalue weighted by atomic mass is 16.5. The molecular weight excluding hydrogens is 454 g/mol. The van der Waals surface area contributed by atoms with E-state index in [1.54, 1.807) is 0 Å². The normalized spacial score (nSPS) is 11.1. The Bertz CT molecular complexity index is 1120. The van der Waals surface area contributed by atoms with Crippen LogP contribution in [0.1, 0.15) is 52.8 Å². The predicted octanol–water partition coefficient (Wildman–Crippen LogP) is 6.11. The molecule has 1 aromatic heterocycles. The van der Waals surface area contributed by atoms with Crippen molar-refractivity contribution in [3.05, 3.63) is 65.9 Å². The molecule has 196 valence electrons. The average Bonchev–Trinajstić information content (AvgIpc) is 3.26. The summed E-state index contributed by atoms with van der Waals surface area (Å²) in [6.07, 6.45) is 0. The van der Waals surface area contributed by atoms with Crippen LogP contribution in [0.2, 0.25) is 0 Å². The first-order chi connectivity index (χ1) is 17.1. The topological polar surface area (TPSA) is 76.8 Å². The molecular formula is C29H41N3O4. The molecule has 0 spiro atoms. The smallest absolute Gasteiger partial charge is 0.335 e. The second-order valence-electron chi connectivity index (χ2n) is 9.54. The van der Waals surface area contributed by atoms with Crippen LogP contribution in [0.3, 0.4) is 0 Å². The van der Waals surface area contributed by atoms with Crippen LogP contribution < -0.4 is 9.64 Å². The third kappa shape index (κ3) is 7.85. The summed E-state index contributed by atoms with van der Waals surface area (Å²) in [5.41, 5.74) is 3.49. The number of nitrogens with zero attached hydrogens (tertiary/aromatic N) is 3. The second kappa shape index (κ2) is 13.1. The maximum absolute atomic E-state index is 11.5. The first-order valence-electron chi connectivity index (χ1n) is 12.5. The molecule has 2 aromatic carbocycles. The lowest BCUT2D eigenvalue weighted by Crippen LogP contribution is -2.34. The van der Waals surface area contributed by atoms with Crippen LogP contribution in [-0.4, -0.2) is 47.2 Å². The van der Waals surface area contributed by atoms with Gasteiger partial charge in [-0.05, 0) is 49.6 Å². The van der Waals surface area contributed by atoms with E-state index in [9.17, 15) is 9.90 Å². The number of carboxylic acids is 1. The molecule has 0 bridgehead atoms. The van der Waals surface area contributed by atoms with Gasteiger partial charge >= 0.3 is 5.97 Å². The van der Waals surface area contributed by atoms with E-state index in [1.807, 2.05) is 75.1 Å². The van der Waals surface area contributed by atoms with Gasteiger partial charge < -0.3 is 19.5 Å². The molecule has 0 saturated heterocycles. The van der Waals surface area contributed by atoms with Gasteiger partial charge in [0.2, 0.25) is 0 Å². The van der Waals surface area contributed by atoms with Crippen LogP contribution in [0.4, 0.5) is 5.69 Å². The van der Waals surface area contributed by atoms with E-state index in [0.29, 0.717) is 24.8 Å². The Morgan fingerprint density at radius 1 is 1.08 bits per heavy atom. The third-order valence-corrected chi connectivity index (χ3v) is 5.43. The van der Waals surface area contributed by atoms with Gasteiger partial charge in [-0.25, -0.2) is 4.79 Å². The van der Waals surface area contributed by atoms with Gasteiger partial charge in [0.15, 0.2) is 5.60 Å². The summed E-state index contributed by atoms with van der Waals surface area (Å²) >= 11 is 0. The Kier molecular flexibility index (Phi) is 10.5. The second-order valence-corrected chi connectivity index (χ2v) is 9.54. The molecule has 1 heterocycles. The molecule has 0 fully saturated rings. The lowest BCUT2D eigenvalue weighted by molar-refractivity contribution is -0.162. The molecule has 0 aliphatic heterocycles. The summed E-state index contributed by atoms with van der Waals surface area (Å²) in [6.45, 7) is 12.6. The van der Waals surface area contributed by atoms with E-state index in [-0.39, 0.29) is 6.61 Å². The number of aliphatic carboxylic acids is 1. The molecule has 1 N–H and O–H groups in total. The van der Waals surface area contributed by atoms with Gasteiger partial charge in [-0.3, -0.25) is 4.68 Å². The van der Waals surface area contributed by atoms with Crippen molar-refractivity contribution in [2.24, 2.45) is 5.92 Å². The fourth-order valence-corrected chi connectivity index (χ4v) is 3.46. The molecule has 7 nitrogen and oxygen atoms in total. The zero-order valence-corrected chi connectivity index (χ0v) is 22.9. The van der Waals surface area contributed by atoms with Crippen molar-refractivity contribution < 1.29 is 19.4 Å². The average molecular weight is 496 g/mol. The molecule has 3 rings (SSSR count). The maximum Gasteiger partial charge on any atom is 0.335 e. The van der Waals surface area contributed by atoms with E-state index in [4.69, 9.17) is 14.6 Å². The first kappa shape index (κ1) is 28.9. The first-order valence-corrected chi connectivity index (χ1v) is 12.5. The Morgan fingerprint density at radius 2 is 1.78 bits per heavy atom. The fraction of sp³-hybridized carbons (Fsp3) is 0.448. The molecule has 36 heavy (non-hydrogen) atoms. The maximum atomic E-state index is 11.5. The predicted molar refractivity (Wildman–Crippen MR) is 146 cm³/mol. The van der Waals surface area contributed by atoms with Gasteiger partial charge in [0.25, 0.3) is 0 Å². The zero-order chi connectivity index (χ0) is 26.9. The Morgan fingerprint density at radius 3 is 2.42 bits per heavy atom. The third-order valence-electron chi connectivity index (χ3n) is 5.43. The van der Waals surface area contributed by atoms with Crippen molar-refractivity contribution in [1.82, 2.24) is 9.78 Å². The van der Waals surface area contributed by atoms with Gasteiger partial charge in [0.1, 0.15) is 5.75 Å². The minimum absolute atomic E-state index is 0.0954. The number of aromatic nitrogens is 2. The van der Waals surface area contributed by atoms with Crippen LogP contribution in [0.5, 0.6) is 5.75 Å². The monoisotopic (exact) mass is 495 g/mol. The van der Waals surface area contributed by atoms with Crippen LogP contribution >= 0.6 is 0 Å². The largest absolute Gasteiger partial charge is 0.493 e. The van der Waals surface area contributed by atoms with Gasteiger partial charge in [0.05, 0.1) is 31.1 Å². The number of anilines is 1. The van der Waals surface area contributed by atoms with E-state index >= 15 is 0 Å². The molecule has 3 aromatic rings. The molecule has 0 unspecified atom stereocenters. The van der Waals surface area contributed by atoms with Crippen molar-refractivity contribution in [1.29, 1.82) is 0 Å². The number of para-hydroxylation sites is 1. The van der Waals surface area contributed by atoms with Gasteiger partial charge in [-0.15, -0.1) is 0 Å². The number of hydrogen-bond donors (Lipinski definition) is 1. The molecule has 0 saturated carbocycles. The molecule has 0 atom stereocenters. The molecule has 0 radical (unpaired) electrons. The highest BCUT2D eigenvalue weighted by molar-refractivity contribution is 5.76. The summed E-state index contributed by atoms with van der Waals surface area (Å²) in [5.74, 6) is 0.220. The zero-order valence-electron chi connectivity index (χ0n) is 22.9. The number of carbonyl (C=O) groups is 1. The van der Waals surface area contributed by atoms with Gasteiger partial charge in [0, 0.05) is 25.3 Å². The quantitative estimate of drug-likeness (QED) is 0.346. The van der Waals surface area contributed by atoms with Crippen LogP contribution in [-0.2, 0) is 22.7 Å². The number of hydrogen-bond acceptors (Lipinski definition) is 5. The van der Waals surface area contributed by atoms with Crippen LogP contribution in [0.15, 0.2) is 54.6 Å². The van der Waals surface area contributed by atoms with Crippen molar-refractivity contribution in [2.45, 2.75) is 60.3 Å². The molecule has 7 heteroatoms. The van der Waals surface area contributed by atoms with Crippen LogP contribution in [0.25, 0.3) is 11.3 Å². The Labute approximate surface area is 215 Å². The Hall–Kier alpha value is -3.32. The summed E-state index contributed by atoms with van der Waals surface area (Å²) in [4.78, 5) is 13.5. The number of ether oxygens (including phenoxy) is 2. The summed E-state index contributed by atoms with van der Waals surface area (Å²) < 4.78 is 13.6. The molecule has 0 aliphatic rings. The minimum Gasteiger partial charge on any atom is -0.493 e. The van der Waals surface area contributed by atoms with Crippen molar-refractivity contribution >= 4 is 11.7 Å². The fourth-order valence-electron chi connectivity index (χ4n) is 3.46. The summed E-state index contributed by atoms with van der Waals surface area (Å²) in [6, 6.07) is 18.1. The van der Waals surface area contributed by atoms with Gasteiger partial charge in [-0.1, -0.05) is 58.0 Å². The lowest BCUT2D eigenvalue weighted by Gasteiger charge is -2.19. The standard InChI is InChI=1S/C27H35N3O4.C2H6/c1-19(2)17-33-23-12-9-11-20(14-23)25-15-22(18-34-27(3,4)26(31)32)28-30(25)16-21-10-7-8-13-24(21)29(5)6;1-2/h7-15,19H,16-18H2,1-6H3,(H,31,32);1-2H3. The number of carboxylic acid groups (broad SMARTS) is 1. The minimum atomic E-state index is -1.30. The number of benzene rings is 2. The molecule has 0 amide bonds. The highest BCUT2D eigenvalue weighted by Crippen LogP contribution is 2.28. The Balaban J connectivity index is 0.00000222. The van der Waals surface area contributed by atoms with E-state index in [1.165, 1.54) is 13.8 Å². The summed E-state index contributed by atoms with van der Waals surface area (Å²) in [7, 11) is 4.04. The number of rotatable bonds is 11. The molecule has 0 aliphatic carbocycles. The highest BCUT2D eigenvalue weighted by Gasteiger charge is 2.28. The van der Waals surface area contributed by atoms with Crippen molar-refractivity contribution in [3.8, 4) is 17.0 Å². The van der Waals surface area contributed by atoms with E-state index in [2.05, 4.69) is 30.9 Å². The lowest BCUT2D eigenvalue weighted by atomic mass is 10.1. The summed E-state index contributed by atoms with van der Waals surface area (Å²) in [5, 5.41) is 14.2. The van der Waals surface area contributed by atoms with Crippen molar-refractivity contribution in [3.63, 3.8) is 0 Å². The van der Waals surface area contributed by atoms with Crippen LogP contribution in [0, 0.1) is 5.92 Å². The van der Waals surface area contributed by atoms with Crippen molar-refractivity contribution in [2.75, 3.05) is 25.6 Å².